The van der Waals surface area contributed by atoms with Crippen molar-refractivity contribution in [3.05, 3.63) is 46.3 Å². The molecular formula is C23H27FN4O2S2. The van der Waals surface area contributed by atoms with Crippen molar-refractivity contribution >= 4 is 37.4 Å². The summed E-state index contributed by atoms with van der Waals surface area (Å²) in [5, 5.41) is 1.17. The molecule has 6 nitrogen and oxygen atoms in total. The van der Waals surface area contributed by atoms with Gasteiger partial charge in [0.25, 0.3) is 0 Å². The van der Waals surface area contributed by atoms with Gasteiger partial charge in [0.1, 0.15) is 22.3 Å². The Morgan fingerprint density at radius 2 is 1.84 bits per heavy atom. The van der Waals surface area contributed by atoms with Gasteiger partial charge in [-0.25, -0.2) is 22.8 Å². The van der Waals surface area contributed by atoms with E-state index in [1.807, 2.05) is 0 Å². The average molecular weight is 475 g/mol. The lowest BCUT2D eigenvalue weighted by Gasteiger charge is -2.35. The first-order chi connectivity index (χ1) is 15.4. The predicted molar refractivity (Wildman–Crippen MR) is 125 cm³/mol. The third-order valence-electron chi connectivity index (χ3n) is 6.49. The quantitative estimate of drug-likeness (QED) is 0.571. The Labute approximate surface area is 192 Å². The second-order valence-electron chi connectivity index (χ2n) is 8.69. The van der Waals surface area contributed by atoms with Gasteiger partial charge in [-0.1, -0.05) is 13.8 Å². The normalized spacial score (nSPS) is 20.0. The lowest BCUT2D eigenvalue weighted by atomic mass is 9.89. The lowest BCUT2D eigenvalue weighted by Crippen LogP contribution is -2.49. The molecule has 1 aliphatic carbocycles. The number of hydrogen-bond acceptors (Lipinski definition) is 6. The highest BCUT2D eigenvalue weighted by atomic mass is 32.2. The summed E-state index contributed by atoms with van der Waals surface area (Å²) >= 11 is 1.80. The highest BCUT2D eigenvalue weighted by Gasteiger charge is 2.31. The third kappa shape index (κ3) is 3.80. The molecule has 9 heteroatoms. The average Bonchev–Trinajstić information content (AvgIpc) is 3.16. The Balaban J connectivity index is 1.44. The van der Waals surface area contributed by atoms with E-state index in [1.54, 1.807) is 11.3 Å². The first-order valence-electron chi connectivity index (χ1n) is 11.2. The molecule has 0 spiro atoms. The van der Waals surface area contributed by atoms with Crippen molar-refractivity contribution in [1.29, 1.82) is 0 Å². The van der Waals surface area contributed by atoms with Crippen molar-refractivity contribution in [2.24, 2.45) is 5.92 Å². The topological polar surface area (TPSA) is 66.4 Å². The van der Waals surface area contributed by atoms with Crippen molar-refractivity contribution in [2.45, 2.75) is 44.4 Å². The van der Waals surface area contributed by atoms with E-state index in [4.69, 9.17) is 9.97 Å². The van der Waals surface area contributed by atoms with E-state index in [2.05, 4.69) is 18.7 Å². The van der Waals surface area contributed by atoms with Crippen molar-refractivity contribution in [2.75, 3.05) is 31.1 Å². The molecule has 1 fully saturated rings. The fraction of sp³-hybridized carbons (Fsp3) is 0.478. The van der Waals surface area contributed by atoms with Gasteiger partial charge in [-0.15, -0.1) is 11.3 Å². The van der Waals surface area contributed by atoms with E-state index in [-0.39, 0.29) is 4.90 Å². The molecule has 2 aliphatic rings. The van der Waals surface area contributed by atoms with E-state index in [1.165, 1.54) is 50.8 Å². The molecule has 0 saturated carbocycles. The zero-order valence-electron chi connectivity index (χ0n) is 18.3. The Morgan fingerprint density at radius 3 is 2.53 bits per heavy atom. The van der Waals surface area contributed by atoms with E-state index < -0.39 is 15.8 Å². The van der Waals surface area contributed by atoms with Crippen LogP contribution < -0.4 is 4.90 Å². The summed E-state index contributed by atoms with van der Waals surface area (Å²) < 4.78 is 40.7. The molecule has 3 heterocycles. The Bertz CT molecular complexity index is 1250. The standard InChI is InChI=1S/C23H27FN4O2S2/c1-3-20-25-22(21-18-9-4-15(2)14-19(18)31-23(21)26-20)27-10-12-28(13-11-27)32(29,30)17-7-5-16(24)6-8-17/h5-8,15H,3-4,9-14H2,1-2H3/t15-/m1/s1. The molecule has 0 bridgehead atoms. The SMILES string of the molecule is CCc1nc(N2CCN(S(=O)(=O)c3ccc(F)cc3)CC2)c2c3c(sc2n1)C[C@H](C)CC3. The number of sulfonamides is 1. The molecule has 1 saturated heterocycles. The van der Waals surface area contributed by atoms with Crippen LogP contribution in [0.4, 0.5) is 10.2 Å². The summed E-state index contributed by atoms with van der Waals surface area (Å²) in [5.74, 6) is 2.04. The fourth-order valence-electron chi connectivity index (χ4n) is 4.65. The number of thiophene rings is 1. The highest BCUT2D eigenvalue weighted by molar-refractivity contribution is 7.89. The Morgan fingerprint density at radius 1 is 1.12 bits per heavy atom. The monoisotopic (exact) mass is 474 g/mol. The molecule has 5 rings (SSSR count). The van der Waals surface area contributed by atoms with Crippen LogP contribution in [0, 0.1) is 11.7 Å². The van der Waals surface area contributed by atoms with Crippen LogP contribution in [0.15, 0.2) is 29.2 Å². The number of aromatic nitrogens is 2. The number of benzene rings is 1. The van der Waals surface area contributed by atoms with Crippen LogP contribution in [-0.2, 0) is 29.3 Å². The van der Waals surface area contributed by atoms with E-state index in [0.29, 0.717) is 32.1 Å². The maximum Gasteiger partial charge on any atom is 0.243 e. The first-order valence-corrected chi connectivity index (χ1v) is 13.4. The molecule has 1 aliphatic heterocycles. The third-order valence-corrected chi connectivity index (χ3v) is 9.55. The van der Waals surface area contributed by atoms with Crippen molar-refractivity contribution in [1.82, 2.24) is 14.3 Å². The summed E-state index contributed by atoms with van der Waals surface area (Å²) in [5.41, 5.74) is 1.39. The van der Waals surface area contributed by atoms with Crippen LogP contribution in [0.5, 0.6) is 0 Å². The number of nitrogens with zero attached hydrogens (tertiary/aromatic N) is 4. The number of anilines is 1. The molecule has 2 aromatic heterocycles. The van der Waals surface area contributed by atoms with Crippen LogP contribution in [0.1, 0.15) is 36.5 Å². The molecule has 32 heavy (non-hydrogen) atoms. The minimum Gasteiger partial charge on any atom is -0.353 e. The van der Waals surface area contributed by atoms with Crippen LogP contribution >= 0.6 is 11.3 Å². The minimum atomic E-state index is -3.64. The van der Waals surface area contributed by atoms with Gasteiger partial charge in [0, 0.05) is 37.5 Å². The van der Waals surface area contributed by atoms with Gasteiger partial charge in [0.15, 0.2) is 0 Å². The van der Waals surface area contributed by atoms with Crippen molar-refractivity contribution < 1.29 is 12.8 Å². The summed E-state index contributed by atoms with van der Waals surface area (Å²) in [6, 6.07) is 5.04. The van der Waals surface area contributed by atoms with Gasteiger partial charge < -0.3 is 4.90 Å². The highest BCUT2D eigenvalue weighted by Crippen LogP contribution is 2.41. The largest absolute Gasteiger partial charge is 0.353 e. The zero-order valence-corrected chi connectivity index (χ0v) is 20.0. The summed E-state index contributed by atoms with van der Waals surface area (Å²) in [6.07, 6.45) is 4.09. The summed E-state index contributed by atoms with van der Waals surface area (Å²) in [4.78, 5) is 14.6. The number of rotatable bonds is 4. The van der Waals surface area contributed by atoms with Gasteiger partial charge in [-0.05, 0) is 55.0 Å². The number of aryl methyl sites for hydroxylation is 2. The van der Waals surface area contributed by atoms with Gasteiger partial charge in [-0.2, -0.15) is 4.31 Å². The van der Waals surface area contributed by atoms with Gasteiger partial charge >= 0.3 is 0 Å². The molecule has 0 unspecified atom stereocenters. The van der Waals surface area contributed by atoms with Gasteiger partial charge in [0.05, 0.1) is 10.3 Å². The van der Waals surface area contributed by atoms with Crippen molar-refractivity contribution in [3.63, 3.8) is 0 Å². The van der Waals surface area contributed by atoms with Gasteiger partial charge in [0.2, 0.25) is 10.0 Å². The molecule has 0 amide bonds. The molecule has 0 N–H and O–H groups in total. The molecule has 1 aromatic carbocycles. The van der Waals surface area contributed by atoms with Gasteiger partial charge in [-0.3, -0.25) is 0 Å². The van der Waals surface area contributed by atoms with Crippen LogP contribution in [0.25, 0.3) is 10.2 Å². The predicted octanol–water partition coefficient (Wildman–Crippen LogP) is 4.03. The summed E-state index contributed by atoms with van der Waals surface area (Å²) in [6.45, 7) is 6.24. The first kappa shape index (κ1) is 21.7. The smallest absolute Gasteiger partial charge is 0.243 e. The van der Waals surface area contributed by atoms with E-state index in [9.17, 15) is 12.8 Å². The zero-order chi connectivity index (χ0) is 22.5. The minimum absolute atomic E-state index is 0.131. The Hall–Kier alpha value is -2.10. The number of fused-ring (bicyclic) bond motifs is 3. The number of piperazine rings is 1. The second kappa shape index (κ2) is 8.35. The maximum absolute atomic E-state index is 13.2. The molecule has 170 valence electrons. The second-order valence-corrected chi connectivity index (χ2v) is 11.7. The van der Waals surface area contributed by atoms with Crippen LogP contribution in [0.3, 0.4) is 0 Å². The van der Waals surface area contributed by atoms with Crippen molar-refractivity contribution in [3.8, 4) is 0 Å². The molecule has 0 radical (unpaired) electrons. The van der Waals surface area contributed by atoms with E-state index >= 15 is 0 Å². The molecule has 1 atom stereocenters. The summed E-state index contributed by atoms with van der Waals surface area (Å²) in [7, 11) is -3.64. The Kier molecular flexibility index (Phi) is 5.67. The lowest BCUT2D eigenvalue weighted by molar-refractivity contribution is 0.384. The maximum atomic E-state index is 13.2. The van der Waals surface area contributed by atoms with Crippen LogP contribution in [-0.4, -0.2) is 48.9 Å². The number of halogens is 1. The fourth-order valence-corrected chi connectivity index (χ4v) is 7.47. The molecule has 3 aromatic rings. The molecular weight excluding hydrogens is 447 g/mol. The van der Waals surface area contributed by atoms with Crippen LogP contribution in [0.2, 0.25) is 0 Å². The number of hydrogen-bond donors (Lipinski definition) is 0. The van der Waals surface area contributed by atoms with E-state index in [0.717, 1.165) is 35.7 Å².